The summed E-state index contributed by atoms with van der Waals surface area (Å²) in [5.41, 5.74) is 1.01. The molecule has 0 aliphatic heterocycles. The van der Waals surface area contributed by atoms with Gasteiger partial charge in [0, 0.05) is 5.39 Å². The molecule has 0 unspecified atom stereocenters. The number of rotatable bonds is 2. The van der Waals surface area contributed by atoms with E-state index in [1.807, 2.05) is 13.8 Å². The van der Waals surface area contributed by atoms with Crippen molar-refractivity contribution >= 4 is 16.8 Å². The Hall–Kier alpha value is -1.90. The quantitative estimate of drug-likeness (QED) is 0.568. The SMILES string of the molecule is CC(C)=CC(=O)c1cc2cccc(F)c2o1. The van der Waals surface area contributed by atoms with Crippen LogP contribution in [-0.2, 0) is 0 Å². The highest BCUT2D eigenvalue weighted by Crippen LogP contribution is 2.22. The van der Waals surface area contributed by atoms with Crippen molar-refractivity contribution in [2.45, 2.75) is 13.8 Å². The zero-order valence-corrected chi connectivity index (χ0v) is 9.08. The summed E-state index contributed by atoms with van der Waals surface area (Å²) < 4.78 is 18.5. The van der Waals surface area contributed by atoms with Gasteiger partial charge in [0.15, 0.2) is 17.2 Å². The number of carbonyl (C=O) groups is 1. The molecule has 0 bridgehead atoms. The molecular formula is C13H11FO2. The molecule has 0 amide bonds. The lowest BCUT2D eigenvalue weighted by Crippen LogP contribution is -1.91. The Labute approximate surface area is 92.4 Å². The number of carbonyl (C=O) groups excluding carboxylic acids is 1. The van der Waals surface area contributed by atoms with Gasteiger partial charge < -0.3 is 4.42 Å². The summed E-state index contributed by atoms with van der Waals surface area (Å²) in [6.07, 6.45) is 1.47. The van der Waals surface area contributed by atoms with E-state index in [9.17, 15) is 9.18 Å². The molecule has 1 aromatic heterocycles. The molecule has 0 atom stereocenters. The van der Waals surface area contributed by atoms with Crippen molar-refractivity contribution in [1.29, 1.82) is 0 Å². The summed E-state index contributed by atoms with van der Waals surface area (Å²) in [5, 5.41) is 0.602. The number of halogens is 1. The van der Waals surface area contributed by atoms with Crippen LogP contribution in [0.3, 0.4) is 0 Å². The molecule has 0 aliphatic rings. The predicted octanol–water partition coefficient (Wildman–Crippen LogP) is 3.72. The van der Waals surface area contributed by atoms with Gasteiger partial charge in [0.2, 0.25) is 5.78 Å². The maximum atomic E-state index is 13.3. The first-order valence-electron chi connectivity index (χ1n) is 4.95. The largest absolute Gasteiger partial charge is 0.450 e. The Bertz CT molecular complexity index is 575. The molecule has 0 radical (unpaired) electrons. The summed E-state index contributed by atoms with van der Waals surface area (Å²) in [5.74, 6) is -0.523. The van der Waals surface area contributed by atoms with Crippen molar-refractivity contribution in [1.82, 2.24) is 0 Å². The minimum absolute atomic E-state index is 0.132. The lowest BCUT2D eigenvalue weighted by Gasteiger charge is -1.90. The summed E-state index contributed by atoms with van der Waals surface area (Å²) in [7, 11) is 0. The molecule has 2 nitrogen and oxygen atoms in total. The molecule has 0 fully saturated rings. The zero-order valence-electron chi connectivity index (χ0n) is 9.08. The second-order valence-corrected chi connectivity index (χ2v) is 3.85. The van der Waals surface area contributed by atoms with Crippen LogP contribution < -0.4 is 0 Å². The zero-order chi connectivity index (χ0) is 11.7. The van der Waals surface area contributed by atoms with Gasteiger partial charge in [0.1, 0.15) is 0 Å². The fourth-order valence-electron chi connectivity index (χ4n) is 1.48. The van der Waals surface area contributed by atoms with Crippen molar-refractivity contribution in [2.24, 2.45) is 0 Å². The van der Waals surface area contributed by atoms with Crippen LogP contribution in [0.1, 0.15) is 24.4 Å². The molecule has 16 heavy (non-hydrogen) atoms. The topological polar surface area (TPSA) is 30.2 Å². The lowest BCUT2D eigenvalue weighted by atomic mass is 10.2. The molecule has 82 valence electrons. The van der Waals surface area contributed by atoms with Gasteiger partial charge in [0.05, 0.1) is 0 Å². The van der Waals surface area contributed by atoms with Crippen LogP contribution in [0.25, 0.3) is 11.0 Å². The molecule has 0 saturated heterocycles. The van der Waals surface area contributed by atoms with Crippen molar-refractivity contribution in [2.75, 3.05) is 0 Å². The van der Waals surface area contributed by atoms with Crippen molar-refractivity contribution in [3.63, 3.8) is 0 Å². The van der Waals surface area contributed by atoms with Crippen LogP contribution in [0.15, 0.2) is 40.3 Å². The van der Waals surface area contributed by atoms with E-state index in [0.29, 0.717) is 5.39 Å². The standard InChI is InChI=1S/C13H11FO2/c1-8(2)6-11(15)12-7-9-4-3-5-10(14)13(9)16-12/h3-7H,1-2H3. The number of allylic oxidation sites excluding steroid dienone is 2. The highest BCUT2D eigenvalue weighted by Gasteiger charge is 2.12. The minimum Gasteiger partial charge on any atom is -0.450 e. The Morgan fingerprint density at radius 3 is 2.75 bits per heavy atom. The minimum atomic E-state index is -0.450. The maximum Gasteiger partial charge on any atom is 0.220 e. The highest BCUT2D eigenvalue weighted by molar-refractivity contribution is 6.05. The molecular weight excluding hydrogens is 207 g/mol. The number of para-hydroxylation sites is 1. The van der Waals surface area contributed by atoms with Gasteiger partial charge in [-0.3, -0.25) is 4.79 Å². The van der Waals surface area contributed by atoms with Crippen LogP contribution in [-0.4, -0.2) is 5.78 Å². The average molecular weight is 218 g/mol. The molecule has 0 N–H and O–H groups in total. The third kappa shape index (κ3) is 1.89. The van der Waals surface area contributed by atoms with Crippen molar-refractivity contribution in [3.8, 4) is 0 Å². The van der Waals surface area contributed by atoms with Gasteiger partial charge in [-0.15, -0.1) is 0 Å². The monoisotopic (exact) mass is 218 g/mol. The fourth-order valence-corrected chi connectivity index (χ4v) is 1.48. The van der Waals surface area contributed by atoms with Gasteiger partial charge in [-0.2, -0.15) is 0 Å². The van der Waals surface area contributed by atoms with Crippen molar-refractivity contribution in [3.05, 3.63) is 47.5 Å². The van der Waals surface area contributed by atoms with Crippen LogP contribution in [0.5, 0.6) is 0 Å². The Morgan fingerprint density at radius 1 is 1.38 bits per heavy atom. The van der Waals surface area contributed by atoms with E-state index in [4.69, 9.17) is 4.42 Å². The van der Waals surface area contributed by atoms with Gasteiger partial charge in [-0.1, -0.05) is 17.7 Å². The summed E-state index contributed by atoms with van der Waals surface area (Å²) in [4.78, 5) is 11.6. The van der Waals surface area contributed by atoms with Crippen LogP contribution in [0.2, 0.25) is 0 Å². The Morgan fingerprint density at radius 2 is 2.12 bits per heavy atom. The van der Waals surface area contributed by atoms with Crippen molar-refractivity contribution < 1.29 is 13.6 Å². The highest BCUT2D eigenvalue weighted by atomic mass is 19.1. The third-order valence-electron chi connectivity index (χ3n) is 2.16. The average Bonchev–Trinajstić information content (AvgIpc) is 2.61. The number of furan rings is 1. The first-order valence-corrected chi connectivity index (χ1v) is 4.95. The van der Waals surface area contributed by atoms with E-state index < -0.39 is 5.82 Å². The molecule has 3 heteroatoms. The molecule has 1 aromatic carbocycles. The summed E-state index contributed by atoms with van der Waals surface area (Å²) in [6, 6.07) is 6.16. The van der Waals surface area contributed by atoms with E-state index in [1.54, 1.807) is 18.2 Å². The molecule has 0 spiro atoms. The van der Waals surface area contributed by atoms with E-state index in [1.165, 1.54) is 12.1 Å². The Balaban J connectivity index is 2.52. The van der Waals surface area contributed by atoms with Gasteiger partial charge in [0.25, 0.3) is 0 Å². The number of benzene rings is 1. The van der Waals surface area contributed by atoms with Gasteiger partial charge in [-0.05, 0) is 32.1 Å². The van der Waals surface area contributed by atoms with E-state index in [-0.39, 0.29) is 17.1 Å². The molecule has 0 saturated carbocycles. The number of hydrogen-bond donors (Lipinski definition) is 0. The second-order valence-electron chi connectivity index (χ2n) is 3.85. The van der Waals surface area contributed by atoms with Crippen LogP contribution in [0, 0.1) is 5.82 Å². The van der Waals surface area contributed by atoms with Crippen LogP contribution >= 0.6 is 0 Å². The third-order valence-corrected chi connectivity index (χ3v) is 2.16. The first kappa shape index (κ1) is 10.6. The lowest BCUT2D eigenvalue weighted by molar-refractivity contribution is 0.102. The Kier molecular flexibility index (Phi) is 2.60. The van der Waals surface area contributed by atoms with Gasteiger partial charge >= 0.3 is 0 Å². The molecule has 0 aliphatic carbocycles. The summed E-state index contributed by atoms with van der Waals surface area (Å²) >= 11 is 0. The van der Waals surface area contributed by atoms with E-state index in [2.05, 4.69) is 0 Å². The van der Waals surface area contributed by atoms with E-state index >= 15 is 0 Å². The smallest absolute Gasteiger partial charge is 0.220 e. The first-order chi connectivity index (χ1) is 7.58. The van der Waals surface area contributed by atoms with Crippen LogP contribution in [0.4, 0.5) is 4.39 Å². The number of hydrogen-bond acceptors (Lipinski definition) is 2. The predicted molar refractivity (Wildman–Crippen MR) is 59.9 cm³/mol. The van der Waals surface area contributed by atoms with Gasteiger partial charge in [-0.25, -0.2) is 4.39 Å². The fraction of sp³-hybridized carbons (Fsp3) is 0.154. The van der Waals surface area contributed by atoms with E-state index in [0.717, 1.165) is 5.57 Å². The molecule has 2 aromatic rings. The number of ketones is 1. The number of fused-ring (bicyclic) bond motifs is 1. The summed E-state index contributed by atoms with van der Waals surface area (Å²) in [6.45, 7) is 3.64. The maximum absolute atomic E-state index is 13.3. The molecule has 2 rings (SSSR count). The molecule has 1 heterocycles. The normalized spacial score (nSPS) is 10.4. The second kappa shape index (κ2) is 3.93.